The summed E-state index contributed by atoms with van der Waals surface area (Å²) in [5, 5.41) is 1.22. The summed E-state index contributed by atoms with van der Waals surface area (Å²) in [5.41, 5.74) is 1.22. The molecule has 0 bridgehead atoms. The molecule has 1 aromatic heterocycles. The maximum absolute atomic E-state index is 13.6. The lowest BCUT2D eigenvalue weighted by atomic mass is 9.96. The topological polar surface area (TPSA) is 73.8 Å². The number of hydrogen-bond acceptors (Lipinski definition) is 6. The number of fused-ring (bicyclic) bond motifs is 1. The number of rotatable bonds is 9. The van der Waals surface area contributed by atoms with Crippen molar-refractivity contribution in [1.82, 2.24) is 14.2 Å². The third kappa shape index (κ3) is 6.08. The summed E-state index contributed by atoms with van der Waals surface area (Å²) >= 11 is 7.57. The van der Waals surface area contributed by atoms with Crippen LogP contribution in [-0.2, 0) is 10.0 Å². The summed E-state index contributed by atoms with van der Waals surface area (Å²) in [6, 6.07) is 11.8. The Morgan fingerprint density at radius 3 is 2.39 bits per heavy atom. The van der Waals surface area contributed by atoms with Crippen LogP contribution >= 0.6 is 22.9 Å². The molecule has 1 fully saturated rings. The van der Waals surface area contributed by atoms with Crippen molar-refractivity contribution in [2.24, 2.45) is 0 Å². The third-order valence-corrected chi connectivity index (χ3v) is 9.87. The van der Waals surface area contributed by atoms with Gasteiger partial charge in [0.25, 0.3) is 5.91 Å². The molecule has 0 N–H and O–H groups in total. The zero-order chi connectivity index (χ0) is 25.9. The Bertz CT molecular complexity index is 1300. The van der Waals surface area contributed by atoms with E-state index in [1.54, 1.807) is 30.1 Å². The number of amides is 1. The van der Waals surface area contributed by atoms with Gasteiger partial charge in [0.2, 0.25) is 10.0 Å². The number of nitrogens with zero attached hydrogens (tertiary/aromatic N) is 4. The fraction of sp³-hybridized carbons (Fsp3) is 0.462. The minimum absolute atomic E-state index is 0.0322. The van der Waals surface area contributed by atoms with Gasteiger partial charge < -0.3 is 4.90 Å². The number of carbonyl (C=O) groups is 1. The maximum atomic E-state index is 13.6. The van der Waals surface area contributed by atoms with Crippen molar-refractivity contribution in [1.29, 1.82) is 0 Å². The van der Waals surface area contributed by atoms with E-state index >= 15 is 0 Å². The van der Waals surface area contributed by atoms with Crippen molar-refractivity contribution in [2.45, 2.75) is 49.5 Å². The molecule has 0 unspecified atom stereocenters. The summed E-state index contributed by atoms with van der Waals surface area (Å²) in [7, 11) is 2.04. The van der Waals surface area contributed by atoms with Gasteiger partial charge in [-0.2, -0.15) is 4.31 Å². The molecule has 2 aromatic carbocycles. The lowest BCUT2D eigenvalue weighted by Crippen LogP contribution is -2.38. The van der Waals surface area contributed by atoms with E-state index in [2.05, 4.69) is 9.88 Å². The Morgan fingerprint density at radius 2 is 1.72 bits per heavy atom. The zero-order valence-corrected chi connectivity index (χ0v) is 23.4. The average molecular weight is 549 g/mol. The van der Waals surface area contributed by atoms with E-state index in [0.717, 1.165) is 55.3 Å². The standard InChI is InChI=1S/C26H33ClN4O3S2/c1-29(2)16-7-17-31(26-28-23-15-12-20(27)18-24(23)35-26)25(32)19-10-13-22(14-11-19)36(33,34)30(3)21-8-5-4-6-9-21/h10-15,18,21H,4-9,16-17H2,1-3H3. The van der Waals surface area contributed by atoms with Crippen LogP contribution in [0.5, 0.6) is 0 Å². The number of anilines is 1. The van der Waals surface area contributed by atoms with Gasteiger partial charge in [0.15, 0.2) is 5.13 Å². The van der Waals surface area contributed by atoms with Crippen molar-refractivity contribution in [3.05, 3.63) is 53.1 Å². The predicted octanol–water partition coefficient (Wildman–Crippen LogP) is 5.50. The number of benzene rings is 2. The lowest BCUT2D eigenvalue weighted by Gasteiger charge is -2.30. The van der Waals surface area contributed by atoms with Crippen molar-refractivity contribution < 1.29 is 13.2 Å². The highest BCUT2D eigenvalue weighted by atomic mass is 35.5. The molecule has 1 amide bonds. The highest BCUT2D eigenvalue weighted by Crippen LogP contribution is 2.32. The molecular weight excluding hydrogens is 516 g/mol. The zero-order valence-electron chi connectivity index (χ0n) is 21.0. The molecule has 0 saturated heterocycles. The Kier molecular flexibility index (Phi) is 8.67. The van der Waals surface area contributed by atoms with Gasteiger partial charge in [0.1, 0.15) is 0 Å². The van der Waals surface area contributed by atoms with Crippen molar-refractivity contribution in [3.8, 4) is 0 Å². The molecule has 0 atom stereocenters. The summed E-state index contributed by atoms with van der Waals surface area (Å²) in [5.74, 6) is -0.205. The van der Waals surface area contributed by atoms with E-state index in [-0.39, 0.29) is 16.8 Å². The molecule has 0 radical (unpaired) electrons. The van der Waals surface area contributed by atoms with Crippen molar-refractivity contribution >= 4 is 54.2 Å². The quantitative estimate of drug-likeness (QED) is 0.353. The van der Waals surface area contributed by atoms with E-state index in [1.165, 1.54) is 27.8 Å². The molecule has 1 aliphatic rings. The molecule has 36 heavy (non-hydrogen) atoms. The van der Waals surface area contributed by atoms with Crippen LogP contribution < -0.4 is 4.90 Å². The molecule has 4 rings (SSSR count). The lowest BCUT2D eigenvalue weighted by molar-refractivity contribution is 0.0986. The van der Waals surface area contributed by atoms with Crippen LogP contribution in [0.15, 0.2) is 47.4 Å². The second-order valence-electron chi connectivity index (χ2n) is 9.56. The molecule has 0 aliphatic heterocycles. The van der Waals surface area contributed by atoms with Crippen LogP contribution in [0.3, 0.4) is 0 Å². The Hall–Kier alpha value is -2.04. The van der Waals surface area contributed by atoms with Gasteiger partial charge in [-0.25, -0.2) is 13.4 Å². The van der Waals surface area contributed by atoms with Gasteiger partial charge in [0.05, 0.1) is 15.1 Å². The first-order chi connectivity index (χ1) is 17.2. The highest BCUT2D eigenvalue weighted by molar-refractivity contribution is 7.89. The SMILES string of the molecule is CN(C)CCCN(C(=O)c1ccc(S(=O)(=O)N(C)C2CCCCC2)cc1)c1nc2ccc(Cl)cc2s1. The van der Waals surface area contributed by atoms with Gasteiger partial charge in [-0.1, -0.05) is 42.2 Å². The number of aromatic nitrogens is 1. The minimum atomic E-state index is -3.62. The second kappa shape index (κ2) is 11.6. The molecule has 194 valence electrons. The smallest absolute Gasteiger partial charge is 0.260 e. The average Bonchev–Trinajstić information content (AvgIpc) is 3.29. The van der Waals surface area contributed by atoms with Crippen LogP contribution in [0.2, 0.25) is 5.02 Å². The number of carbonyl (C=O) groups excluding carboxylic acids is 1. The number of thiazole rings is 1. The summed E-state index contributed by atoms with van der Waals surface area (Å²) in [6.45, 7) is 1.32. The fourth-order valence-corrected chi connectivity index (χ4v) is 7.25. The highest BCUT2D eigenvalue weighted by Gasteiger charge is 2.29. The van der Waals surface area contributed by atoms with E-state index < -0.39 is 10.0 Å². The normalized spacial score (nSPS) is 15.2. The van der Waals surface area contributed by atoms with E-state index in [9.17, 15) is 13.2 Å². The molecular formula is C26H33ClN4O3S2. The minimum Gasteiger partial charge on any atom is -0.309 e. The van der Waals surface area contributed by atoms with E-state index in [0.29, 0.717) is 22.3 Å². The third-order valence-electron chi connectivity index (χ3n) is 6.67. The molecule has 3 aromatic rings. The molecule has 0 spiro atoms. The molecule has 1 heterocycles. The maximum Gasteiger partial charge on any atom is 0.260 e. The van der Waals surface area contributed by atoms with Gasteiger partial charge in [-0.15, -0.1) is 0 Å². The Labute approximate surface area is 222 Å². The van der Waals surface area contributed by atoms with Gasteiger partial charge in [-0.3, -0.25) is 9.69 Å². The Morgan fingerprint density at radius 1 is 1.03 bits per heavy atom. The van der Waals surface area contributed by atoms with Crippen LogP contribution in [0, 0.1) is 0 Å². The number of sulfonamides is 1. The van der Waals surface area contributed by atoms with Crippen molar-refractivity contribution in [3.63, 3.8) is 0 Å². The van der Waals surface area contributed by atoms with E-state index in [1.807, 2.05) is 26.2 Å². The second-order valence-corrected chi connectivity index (χ2v) is 13.0. The van der Waals surface area contributed by atoms with Gasteiger partial charge >= 0.3 is 0 Å². The first-order valence-electron chi connectivity index (χ1n) is 12.3. The van der Waals surface area contributed by atoms with Crippen LogP contribution in [0.1, 0.15) is 48.9 Å². The van der Waals surface area contributed by atoms with Gasteiger partial charge in [0, 0.05) is 30.2 Å². The molecule has 7 nitrogen and oxygen atoms in total. The molecule has 10 heteroatoms. The summed E-state index contributed by atoms with van der Waals surface area (Å²) in [4.78, 5) is 22.2. The first kappa shape index (κ1) is 27.0. The van der Waals surface area contributed by atoms with Crippen molar-refractivity contribution in [2.75, 3.05) is 39.1 Å². The number of hydrogen-bond donors (Lipinski definition) is 0. The van der Waals surface area contributed by atoms with Crippen LogP contribution in [0.4, 0.5) is 5.13 Å². The van der Waals surface area contributed by atoms with Gasteiger partial charge in [-0.05, 0) is 82.4 Å². The Balaban J connectivity index is 1.58. The van der Waals surface area contributed by atoms with Crippen LogP contribution in [-0.4, -0.2) is 68.8 Å². The summed E-state index contributed by atoms with van der Waals surface area (Å²) in [6.07, 6.45) is 5.82. The monoisotopic (exact) mass is 548 g/mol. The largest absolute Gasteiger partial charge is 0.309 e. The van der Waals surface area contributed by atoms with Crippen LogP contribution in [0.25, 0.3) is 10.2 Å². The fourth-order valence-electron chi connectivity index (χ4n) is 4.56. The predicted molar refractivity (Wildman–Crippen MR) is 148 cm³/mol. The first-order valence-corrected chi connectivity index (χ1v) is 14.9. The summed E-state index contributed by atoms with van der Waals surface area (Å²) < 4.78 is 28.8. The molecule has 1 aliphatic carbocycles. The van der Waals surface area contributed by atoms with E-state index in [4.69, 9.17) is 11.6 Å². The number of halogens is 1. The molecule has 1 saturated carbocycles.